The number of benzene rings is 2. The van der Waals surface area contributed by atoms with Crippen LogP contribution in [0.4, 0.5) is 4.39 Å². The Hall–Kier alpha value is -2.41. The van der Waals surface area contributed by atoms with E-state index in [0.717, 1.165) is 11.8 Å². The molecule has 2 aromatic carbocycles. The summed E-state index contributed by atoms with van der Waals surface area (Å²) in [7, 11) is -3.62. The van der Waals surface area contributed by atoms with Gasteiger partial charge in [-0.2, -0.15) is 8.42 Å². The average Bonchev–Trinajstić information content (AvgIpc) is 2.52. The van der Waals surface area contributed by atoms with Gasteiger partial charge in [0.1, 0.15) is 11.6 Å². The molecule has 0 aromatic heterocycles. The van der Waals surface area contributed by atoms with E-state index in [9.17, 15) is 17.6 Å². The zero-order valence-electron chi connectivity index (χ0n) is 15.0. The SMILES string of the molecule is CC(C)CN(Cc1cccc(OS(C)(=O)=O)c1)C(=O)c1ccc(F)cc1. The average molecular weight is 379 g/mol. The minimum Gasteiger partial charge on any atom is -0.383 e. The second-order valence-electron chi connectivity index (χ2n) is 6.52. The van der Waals surface area contributed by atoms with E-state index in [0.29, 0.717) is 12.1 Å². The highest BCUT2D eigenvalue weighted by molar-refractivity contribution is 7.86. The van der Waals surface area contributed by atoms with Crippen molar-refractivity contribution in [2.75, 3.05) is 12.8 Å². The lowest BCUT2D eigenvalue weighted by Gasteiger charge is -2.25. The van der Waals surface area contributed by atoms with Crippen LogP contribution in [0.25, 0.3) is 0 Å². The molecule has 0 aliphatic carbocycles. The molecule has 0 saturated carbocycles. The van der Waals surface area contributed by atoms with Gasteiger partial charge in [-0.3, -0.25) is 4.79 Å². The number of amides is 1. The first-order valence-electron chi connectivity index (χ1n) is 8.17. The summed E-state index contributed by atoms with van der Waals surface area (Å²) in [5.74, 6) is -0.186. The molecule has 5 nitrogen and oxygen atoms in total. The third kappa shape index (κ3) is 6.15. The van der Waals surface area contributed by atoms with Crippen LogP contribution < -0.4 is 4.18 Å². The molecule has 0 bridgehead atoms. The van der Waals surface area contributed by atoms with Crippen LogP contribution in [0, 0.1) is 11.7 Å². The molecule has 0 aliphatic rings. The molecule has 0 aliphatic heterocycles. The van der Waals surface area contributed by atoms with E-state index in [4.69, 9.17) is 4.18 Å². The highest BCUT2D eigenvalue weighted by Crippen LogP contribution is 2.18. The van der Waals surface area contributed by atoms with E-state index in [1.54, 1.807) is 29.2 Å². The van der Waals surface area contributed by atoms with Gasteiger partial charge in [-0.05, 0) is 47.9 Å². The molecule has 0 fully saturated rings. The molecule has 0 heterocycles. The number of carbonyl (C=O) groups excluding carboxylic acids is 1. The van der Waals surface area contributed by atoms with Crippen molar-refractivity contribution in [2.24, 2.45) is 5.92 Å². The Morgan fingerprint density at radius 1 is 1.15 bits per heavy atom. The van der Waals surface area contributed by atoms with Gasteiger partial charge in [-0.25, -0.2) is 4.39 Å². The number of rotatable bonds is 7. The second kappa shape index (κ2) is 8.31. The number of halogens is 1. The van der Waals surface area contributed by atoms with Crippen molar-refractivity contribution in [1.29, 1.82) is 0 Å². The molecule has 7 heteroatoms. The van der Waals surface area contributed by atoms with Crippen LogP contribution in [0.1, 0.15) is 29.8 Å². The Morgan fingerprint density at radius 2 is 1.81 bits per heavy atom. The fourth-order valence-corrected chi connectivity index (χ4v) is 2.98. The van der Waals surface area contributed by atoms with E-state index in [-0.39, 0.29) is 24.1 Å². The molecule has 0 unspecified atom stereocenters. The van der Waals surface area contributed by atoms with Gasteiger partial charge in [0, 0.05) is 18.7 Å². The Bertz CT molecular complexity index is 863. The first kappa shape index (κ1) is 19.9. The molecule has 2 aromatic rings. The maximum atomic E-state index is 13.1. The van der Waals surface area contributed by atoms with Gasteiger partial charge >= 0.3 is 10.1 Å². The first-order valence-corrected chi connectivity index (χ1v) is 9.99. The third-order valence-corrected chi connectivity index (χ3v) is 3.98. The summed E-state index contributed by atoms with van der Waals surface area (Å²) >= 11 is 0. The lowest BCUT2D eigenvalue weighted by Crippen LogP contribution is -2.33. The van der Waals surface area contributed by atoms with E-state index in [1.165, 1.54) is 24.3 Å². The number of hydrogen-bond acceptors (Lipinski definition) is 4. The van der Waals surface area contributed by atoms with Gasteiger partial charge < -0.3 is 9.08 Å². The van der Waals surface area contributed by atoms with Crippen LogP contribution in [-0.4, -0.2) is 32.0 Å². The van der Waals surface area contributed by atoms with Crippen LogP contribution in [0.2, 0.25) is 0 Å². The summed E-state index contributed by atoms with van der Waals surface area (Å²) in [4.78, 5) is 14.4. The summed E-state index contributed by atoms with van der Waals surface area (Å²) in [5.41, 5.74) is 1.14. The zero-order valence-corrected chi connectivity index (χ0v) is 15.8. The molecule has 140 valence electrons. The Labute approximate surface area is 153 Å². The van der Waals surface area contributed by atoms with Crippen LogP contribution in [0.5, 0.6) is 5.75 Å². The lowest BCUT2D eigenvalue weighted by molar-refractivity contribution is 0.0722. The van der Waals surface area contributed by atoms with Crippen molar-refractivity contribution < 1.29 is 21.8 Å². The van der Waals surface area contributed by atoms with E-state index in [1.807, 2.05) is 13.8 Å². The minimum atomic E-state index is -3.62. The molecular weight excluding hydrogens is 357 g/mol. The Balaban J connectivity index is 2.23. The van der Waals surface area contributed by atoms with Gasteiger partial charge in [0.25, 0.3) is 5.91 Å². The maximum absolute atomic E-state index is 13.1. The molecule has 2 rings (SSSR count). The van der Waals surface area contributed by atoms with Crippen molar-refractivity contribution in [3.63, 3.8) is 0 Å². The fraction of sp³-hybridized carbons (Fsp3) is 0.316. The molecule has 26 heavy (non-hydrogen) atoms. The topological polar surface area (TPSA) is 63.7 Å². The van der Waals surface area contributed by atoms with Crippen LogP contribution in [-0.2, 0) is 16.7 Å². The number of nitrogens with zero attached hydrogens (tertiary/aromatic N) is 1. The smallest absolute Gasteiger partial charge is 0.306 e. The quantitative estimate of drug-likeness (QED) is 0.691. The van der Waals surface area contributed by atoms with Crippen molar-refractivity contribution in [2.45, 2.75) is 20.4 Å². The van der Waals surface area contributed by atoms with E-state index in [2.05, 4.69) is 0 Å². The van der Waals surface area contributed by atoms with Gasteiger partial charge in [-0.1, -0.05) is 26.0 Å². The molecular formula is C19H22FNO4S. The Kier molecular flexibility index (Phi) is 6.37. The summed E-state index contributed by atoms with van der Waals surface area (Å²) in [6, 6.07) is 12.0. The van der Waals surface area contributed by atoms with E-state index < -0.39 is 15.9 Å². The largest absolute Gasteiger partial charge is 0.383 e. The van der Waals surface area contributed by atoms with Crippen molar-refractivity contribution in [1.82, 2.24) is 4.90 Å². The van der Waals surface area contributed by atoms with Crippen LogP contribution in [0.15, 0.2) is 48.5 Å². The molecule has 0 atom stereocenters. The number of carbonyl (C=O) groups is 1. The fourth-order valence-electron chi connectivity index (χ4n) is 2.53. The molecule has 0 N–H and O–H groups in total. The predicted molar refractivity (Wildman–Crippen MR) is 97.9 cm³/mol. The summed E-state index contributed by atoms with van der Waals surface area (Å²) in [6.45, 7) is 4.78. The van der Waals surface area contributed by atoms with E-state index >= 15 is 0 Å². The lowest BCUT2D eigenvalue weighted by atomic mass is 10.1. The normalized spacial score (nSPS) is 11.4. The molecule has 0 spiro atoms. The molecule has 1 amide bonds. The van der Waals surface area contributed by atoms with Gasteiger partial charge in [0.05, 0.1) is 6.26 Å². The van der Waals surface area contributed by atoms with Crippen molar-refractivity contribution >= 4 is 16.0 Å². The van der Waals surface area contributed by atoms with Crippen LogP contribution >= 0.6 is 0 Å². The molecule has 0 saturated heterocycles. The summed E-state index contributed by atoms with van der Waals surface area (Å²) < 4.78 is 40.6. The maximum Gasteiger partial charge on any atom is 0.306 e. The van der Waals surface area contributed by atoms with Gasteiger partial charge in [-0.15, -0.1) is 0 Å². The third-order valence-electron chi connectivity index (χ3n) is 3.48. The predicted octanol–water partition coefficient (Wildman–Crippen LogP) is 3.46. The van der Waals surface area contributed by atoms with Gasteiger partial charge in [0.2, 0.25) is 0 Å². The van der Waals surface area contributed by atoms with Gasteiger partial charge in [0.15, 0.2) is 0 Å². The molecule has 0 radical (unpaired) electrons. The van der Waals surface area contributed by atoms with Crippen molar-refractivity contribution in [3.05, 3.63) is 65.5 Å². The standard InChI is InChI=1S/C19H22FNO4S/c1-14(2)12-21(19(22)16-7-9-17(20)10-8-16)13-15-5-4-6-18(11-15)25-26(3,23)24/h4-11,14H,12-13H2,1-3H3. The summed E-state index contributed by atoms with van der Waals surface area (Å²) in [5, 5.41) is 0. The monoisotopic (exact) mass is 379 g/mol. The highest BCUT2D eigenvalue weighted by Gasteiger charge is 2.18. The van der Waals surface area contributed by atoms with Crippen LogP contribution in [0.3, 0.4) is 0 Å². The summed E-state index contributed by atoms with van der Waals surface area (Å²) in [6.07, 6.45) is 0.975. The number of hydrogen-bond donors (Lipinski definition) is 0. The minimum absolute atomic E-state index is 0.198. The zero-order chi connectivity index (χ0) is 19.3. The Morgan fingerprint density at radius 3 is 2.38 bits per heavy atom. The van der Waals surface area contributed by atoms with Crippen molar-refractivity contribution in [3.8, 4) is 5.75 Å². The first-order chi connectivity index (χ1) is 12.1. The second-order valence-corrected chi connectivity index (χ2v) is 8.10. The highest BCUT2D eigenvalue weighted by atomic mass is 32.2.